The lowest BCUT2D eigenvalue weighted by Crippen LogP contribution is -2.29. The third-order valence-electron chi connectivity index (χ3n) is 7.41. The molecule has 0 spiro atoms. The van der Waals surface area contributed by atoms with E-state index in [0.717, 1.165) is 44.6 Å². The Morgan fingerprint density at radius 2 is 1.52 bits per heavy atom. The smallest absolute Gasteiger partial charge is 0.374 e. The maximum absolute atomic E-state index is 11.7. The molecule has 4 aromatic carbocycles. The molecule has 0 unspecified atom stereocenters. The second-order valence-electron chi connectivity index (χ2n) is 10.2. The van der Waals surface area contributed by atoms with Crippen LogP contribution in [-0.2, 0) is 17.2 Å². The zero-order valence-electron chi connectivity index (χ0n) is 23.4. The quantitative estimate of drug-likeness (QED) is 0.157. The number of oxazole rings is 1. The average Bonchev–Trinajstić information content (AvgIpc) is 3.51. The minimum atomic E-state index is -4.18. The highest BCUT2D eigenvalue weighted by molar-refractivity contribution is 7.85. The van der Waals surface area contributed by atoms with Crippen LogP contribution in [0.15, 0.2) is 119 Å². The van der Waals surface area contributed by atoms with Gasteiger partial charge in [0.1, 0.15) is 7.05 Å². The van der Waals surface area contributed by atoms with Gasteiger partial charge in [-0.25, -0.2) is 0 Å². The molecule has 2 heterocycles. The number of nitrogens with zero attached hydrogens (tertiary/aromatic N) is 2. The van der Waals surface area contributed by atoms with Crippen LogP contribution in [0, 0.1) is 0 Å². The first kappa shape index (κ1) is 27.5. The van der Waals surface area contributed by atoms with Crippen LogP contribution < -0.4 is 14.2 Å². The van der Waals surface area contributed by atoms with Crippen molar-refractivity contribution in [2.45, 2.75) is 13.3 Å². The minimum Gasteiger partial charge on any atom is -0.439 e. The van der Waals surface area contributed by atoms with Crippen molar-refractivity contribution < 1.29 is 26.7 Å². The van der Waals surface area contributed by atoms with Crippen molar-refractivity contribution in [2.75, 3.05) is 17.2 Å². The predicted molar refractivity (Wildman–Crippen MR) is 165 cm³/mol. The molecule has 1 N–H and O–H groups in total. The number of hydrogen-bond acceptors (Lipinski definition) is 5. The number of anilines is 1. The Morgan fingerprint density at radius 3 is 2.17 bits per heavy atom. The van der Waals surface area contributed by atoms with E-state index in [4.69, 9.17) is 9.15 Å². The molecule has 0 bridgehead atoms. The zero-order valence-corrected chi connectivity index (χ0v) is 24.2. The highest BCUT2D eigenvalue weighted by Gasteiger charge is 2.28. The van der Waals surface area contributed by atoms with Gasteiger partial charge < -0.3 is 14.1 Å². The summed E-state index contributed by atoms with van der Waals surface area (Å²) in [5.74, 6) is 1.35. The van der Waals surface area contributed by atoms with E-state index >= 15 is 0 Å². The number of benzene rings is 4. The maximum atomic E-state index is 11.7. The Morgan fingerprint density at radius 1 is 0.881 bits per heavy atom. The lowest BCUT2D eigenvalue weighted by molar-refractivity contribution is -0.652. The summed E-state index contributed by atoms with van der Waals surface area (Å²) in [6, 6.07) is 32.2. The van der Waals surface area contributed by atoms with Gasteiger partial charge in [0.2, 0.25) is 11.5 Å². The molecule has 1 aliphatic rings. The Hall–Kier alpha value is -4.66. The Bertz CT molecular complexity index is 1930. The van der Waals surface area contributed by atoms with Gasteiger partial charge in [0.05, 0.1) is 17.5 Å². The molecule has 0 radical (unpaired) electrons. The average molecular weight is 580 g/mol. The largest absolute Gasteiger partial charge is 0.439 e. The standard InChI is InChI=1S/C34H30N2O5S/c1-3-24(20-33-35(2)29-22-27(14-16-31(29)40-33)25-10-6-4-7-11-25)21-34-36(18-19-42(37,38)39)30-23-28(15-17-32(30)41-34)26-12-8-5-9-13-26/h4-17,20-23H,3,18-19H2,1-2H3/p+1. The van der Waals surface area contributed by atoms with Crippen LogP contribution in [0.25, 0.3) is 39.4 Å². The van der Waals surface area contributed by atoms with E-state index in [1.165, 1.54) is 0 Å². The van der Waals surface area contributed by atoms with Crippen LogP contribution >= 0.6 is 0 Å². The summed E-state index contributed by atoms with van der Waals surface area (Å²) in [6.07, 6.45) is 4.55. The van der Waals surface area contributed by atoms with Crippen molar-refractivity contribution >= 4 is 33.0 Å². The molecule has 5 aromatic rings. The summed E-state index contributed by atoms with van der Waals surface area (Å²) in [4.78, 5) is 1.80. The highest BCUT2D eigenvalue weighted by atomic mass is 32.2. The van der Waals surface area contributed by atoms with Crippen molar-refractivity contribution in [3.8, 4) is 28.0 Å². The second kappa shape index (κ2) is 11.3. The number of hydrogen-bond donors (Lipinski definition) is 1. The normalized spacial score (nSPS) is 14.4. The molecule has 0 aliphatic carbocycles. The first-order chi connectivity index (χ1) is 20.3. The van der Waals surface area contributed by atoms with E-state index in [1.54, 1.807) is 4.90 Å². The fourth-order valence-corrected chi connectivity index (χ4v) is 5.53. The number of allylic oxidation sites excluding steroid dienone is 2. The van der Waals surface area contributed by atoms with Crippen LogP contribution in [0.5, 0.6) is 5.75 Å². The molecule has 7 nitrogen and oxygen atoms in total. The lowest BCUT2D eigenvalue weighted by Gasteiger charge is -2.18. The minimum absolute atomic E-state index is 0.0353. The van der Waals surface area contributed by atoms with Crippen LogP contribution in [0.1, 0.15) is 19.2 Å². The zero-order chi connectivity index (χ0) is 29.3. The van der Waals surface area contributed by atoms with E-state index < -0.39 is 15.9 Å². The van der Waals surface area contributed by atoms with Gasteiger partial charge >= 0.3 is 5.89 Å². The van der Waals surface area contributed by atoms with Gasteiger partial charge in [-0.3, -0.25) is 4.55 Å². The fourth-order valence-electron chi connectivity index (χ4n) is 5.12. The summed E-state index contributed by atoms with van der Waals surface area (Å²) in [7, 11) is -2.21. The summed E-state index contributed by atoms with van der Waals surface area (Å²) in [6.45, 7) is 2.07. The van der Waals surface area contributed by atoms with Gasteiger partial charge in [-0.1, -0.05) is 79.7 Å². The third-order valence-corrected chi connectivity index (χ3v) is 8.11. The first-order valence-corrected chi connectivity index (χ1v) is 15.4. The Labute approximate surface area is 245 Å². The molecular formula is C34H31N2O5S+. The van der Waals surface area contributed by atoms with E-state index in [1.807, 2.05) is 103 Å². The van der Waals surface area contributed by atoms with Gasteiger partial charge in [0, 0.05) is 18.7 Å². The third kappa shape index (κ3) is 5.72. The topological polar surface area (TPSA) is 83.9 Å². The second-order valence-corrected chi connectivity index (χ2v) is 11.8. The molecule has 1 aromatic heterocycles. The molecule has 1 aliphatic heterocycles. The SMILES string of the molecule is CCC(/C=C1\Oc2ccc(-c3ccccc3)cc2N1CCS(=O)(=O)O)=C\c1oc2ccc(-c3ccccc3)cc2[n+]1C. The summed E-state index contributed by atoms with van der Waals surface area (Å²) in [5.41, 5.74) is 7.67. The number of rotatable bonds is 8. The van der Waals surface area contributed by atoms with Crippen molar-refractivity contribution in [1.29, 1.82) is 0 Å². The van der Waals surface area contributed by atoms with Gasteiger partial charge in [0.25, 0.3) is 15.6 Å². The van der Waals surface area contributed by atoms with Gasteiger partial charge in [-0.2, -0.15) is 13.0 Å². The van der Waals surface area contributed by atoms with Crippen LogP contribution in [0.2, 0.25) is 0 Å². The molecule has 0 fully saturated rings. The Kier molecular flexibility index (Phi) is 7.41. The number of aromatic nitrogens is 1. The summed E-state index contributed by atoms with van der Waals surface area (Å²) in [5, 5.41) is 0. The molecular weight excluding hydrogens is 548 g/mol. The van der Waals surface area contributed by atoms with E-state index in [-0.39, 0.29) is 6.54 Å². The fraction of sp³-hybridized carbons (Fsp3) is 0.147. The lowest BCUT2D eigenvalue weighted by atomic mass is 10.0. The van der Waals surface area contributed by atoms with Crippen LogP contribution in [-0.4, -0.2) is 25.3 Å². The van der Waals surface area contributed by atoms with E-state index in [2.05, 4.69) is 24.3 Å². The van der Waals surface area contributed by atoms with Crippen molar-refractivity contribution in [2.24, 2.45) is 7.05 Å². The van der Waals surface area contributed by atoms with Gasteiger partial charge in [0.15, 0.2) is 5.75 Å². The van der Waals surface area contributed by atoms with Crippen LogP contribution in [0.4, 0.5) is 5.69 Å². The van der Waals surface area contributed by atoms with Crippen molar-refractivity contribution in [3.63, 3.8) is 0 Å². The molecule has 0 atom stereocenters. The maximum Gasteiger partial charge on any atom is 0.374 e. The van der Waals surface area contributed by atoms with Gasteiger partial charge in [-0.15, -0.1) is 0 Å². The molecule has 42 heavy (non-hydrogen) atoms. The first-order valence-electron chi connectivity index (χ1n) is 13.8. The monoisotopic (exact) mass is 579 g/mol. The van der Waals surface area contributed by atoms with Crippen molar-refractivity contribution in [1.82, 2.24) is 0 Å². The molecule has 0 saturated carbocycles. The molecule has 0 amide bonds. The highest BCUT2D eigenvalue weighted by Crippen LogP contribution is 2.42. The predicted octanol–water partition coefficient (Wildman–Crippen LogP) is 7.01. The van der Waals surface area contributed by atoms with E-state index in [0.29, 0.717) is 23.9 Å². The van der Waals surface area contributed by atoms with Gasteiger partial charge in [-0.05, 0) is 52.4 Å². The molecule has 0 saturated heterocycles. The van der Waals surface area contributed by atoms with E-state index in [9.17, 15) is 13.0 Å². The number of ether oxygens (including phenoxy) is 1. The molecule has 212 valence electrons. The van der Waals surface area contributed by atoms with Crippen LogP contribution in [0.3, 0.4) is 0 Å². The molecule has 6 rings (SSSR count). The number of fused-ring (bicyclic) bond motifs is 2. The summed E-state index contributed by atoms with van der Waals surface area (Å²) >= 11 is 0. The Balaban J connectivity index is 1.36. The van der Waals surface area contributed by atoms with Crippen molar-refractivity contribution in [3.05, 3.63) is 120 Å². The number of aryl methyl sites for hydroxylation is 1. The molecule has 8 heteroatoms. The summed E-state index contributed by atoms with van der Waals surface area (Å²) < 4.78 is 47.4.